The molecule has 6 nitrogen and oxygen atoms in total. The van der Waals surface area contributed by atoms with Gasteiger partial charge in [0.15, 0.2) is 5.65 Å². The largest absolute Gasteiger partial charge is 0.373 e. The molecule has 0 aromatic carbocycles. The Labute approximate surface area is 119 Å². The second-order valence-electron chi connectivity index (χ2n) is 4.53. The molecule has 7 heteroatoms. The second-order valence-corrected chi connectivity index (χ2v) is 5.39. The SMILES string of the molecule is CNCC1CN(c2nc3c(Br)cccn3n2)CCO1. The summed E-state index contributed by atoms with van der Waals surface area (Å²) in [6, 6.07) is 3.91. The number of anilines is 1. The number of likely N-dealkylation sites (N-methyl/N-ethyl adjacent to an activating group) is 1. The van der Waals surface area contributed by atoms with E-state index in [1.165, 1.54) is 0 Å². The van der Waals surface area contributed by atoms with Crippen LogP contribution in [0.15, 0.2) is 22.8 Å². The third-order valence-electron chi connectivity index (χ3n) is 3.16. The predicted molar refractivity (Wildman–Crippen MR) is 76.6 cm³/mol. The third kappa shape index (κ3) is 2.58. The van der Waals surface area contributed by atoms with Crippen LogP contribution >= 0.6 is 15.9 Å². The summed E-state index contributed by atoms with van der Waals surface area (Å²) in [7, 11) is 1.93. The maximum Gasteiger partial charge on any atom is 0.245 e. The minimum absolute atomic E-state index is 0.189. The van der Waals surface area contributed by atoms with E-state index in [1.54, 1.807) is 4.52 Å². The van der Waals surface area contributed by atoms with Gasteiger partial charge in [-0.1, -0.05) is 0 Å². The summed E-state index contributed by atoms with van der Waals surface area (Å²) in [5.41, 5.74) is 0.842. The highest BCUT2D eigenvalue weighted by molar-refractivity contribution is 9.10. The standard InChI is InChI=1S/C12H16BrN5O/c1-14-7-9-8-17(5-6-19-9)12-15-11-10(13)3-2-4-18(11)16-12/h2-4,9,14H,5-8H2,1H3. The molecule has 1 atom stereocenters. The van der Waals surface area contributed by atoms with Crippen molar-refractivity contribution in [2.45, 2.75) is 6.10 Å². The lowest BCUT2D eigenvalue weighted by molar-refractivity contribution is 0.0416. The minimum Gasteiger partial charge on any atom is -0.373 e. The van der Waals surface area contributed by atoms with Gasteiger partial charge in [0.05, 0.1) is 17.2 Å². The van der Waals surface area contributed by atoms with Crippen LogP contribution in [0.25, 0.3) is 5.65 Å². The smallest absolute Gasteiger partial charge is 0.245 e. The first kappa shape index (κ1) is 12.8. The van der Waals surface area contributed by atoms with Crippen molar-refractivity contribution < 1.29 is 4.74 Å². The summed E-state index contributed by atoms with van der Waals surface area (Å²) >= 11 is 3.49. The molecule has 2 aromatic rings. The van der Waals surface area contributed by atoms with Gasteiger partial charge in [-0.05, 0) is 35.1 Å². The lowest BCUT2D eigenvalue weighted by Gasteiger charge is -2.31. The number of nitrogens with one attached hydrogen (secondary N) is 1. The Morgan fingerprint density at radius 3 is 3.26 bits per heavy atom. The molecule has 19 heavy (non-hydrogen) atoms. The van der Waals surface area contributed by atoms with Crippen LogP contribution in [0.4, 0.5) is 5.95 Å². The maximum atomic E-state index is 5.69. The Balaban J connectivity index is 1.85. The lowest BCUT2D eigenvalue weighted by Crippen LogP contribution is -2.46. The van der Waals surface area contributed by atoms with Crippen molar-refractivity contribution in [3.05, 3.63) is 22.8 Å². The number of nitrogens with zero attached hydrogens (tertiary/aromatic N) is 4. The maximum absolute atomic E-state index is 5.69. The van der Waals surface area contributed by atoms with Gasteiger partial charge in [-0.2, -0.15) is 4.98 Å². The van der Waals surface area contributed by atoms with E-state index in [0.29, 0.717) is 6.61 Å². The summed E-state index contributed by atoms with van der Waals surface area (Å²) in [4.78, 5) is 6.76. The van der Waals surface area contributed by atoms with Crippen molar-refractivity contribution in [2.24, 2.45) is 0 Å². The minimum atomic E-state index is 0.189. The Kier molecular flexibility index (Phi) is 3.67. The van der Waals surface area contributed by atoms with Gasteiger partial charge in [0.1, 0.15) is 0 Å². The van der Waals surface area contributed by atoms with E-state index in [1.807, 2.05) is 25.4 Å². The van der Waals surface area contributed by atoms with E-state index in [-0.39, 0.29) is 6.10 Å². The van der Waals surface area contributed by atoms with Gasteiger partial charge in [-0.15, -0.1) is 5.10 Å². The Morgan fingerprint density at radius 1 is 1.58 bits per heavy atom. The first-order chi connectivity index (χ1) is 9.28. The van der Waals surface area contributed by atoms with Crippen LogP contribution < -0.4 is 10.2 Å². The molecule has 2 aromatic heterocycles. The van der Waals surface area contributed by atoms with Crippen LogP contribution in [0.2, 0.25) is 0 Å². The highest BCUT2D eigenvalue weighted by Crippen LogP contribution is 2.20. The summed E-state index contributed by atoms with van der Waals surface area (Å²) in [5, 5.41) is 7.66. The normalized spacial score (nSPS) is 20.1. The van der Waals surface area contributed by atoms with Crippen LogP contribution in [0, 0.1) is 0 Å². The molecule has 0 saturated carbocycles. The molecule has 1 aliphatic rings. The third-order valence-corrected chi connectivity index (χ3v) is 3.78. The molecule has 0 bridgehead atoms. The van der Waals surface area contributed by atoms with Crippen LogP contribution in [-0.2, 0) is 4.74 Å². The van der Waals surface area contributed by atoms with E-state index in [0.717, 1.165) is 35.7 Å². The zero-order valence-corrected chi connectivity index (χ0v) is 12.3. The number of pyridine rings is 1. The number of hydrogen-bond donors (Lipinski definition) is 1. The number of hydrogen-bond acceptors (Lipinski definition) is 5. The fraction of sp³-hybridized carbons (Fsp3) is 0.500. The Bertz CT molecular complexity index is 570. The molecule has 1 saturated heterocycles. The molecular formula is C12H16BrN5O. The monoisotopic (exact) mass is 325 g/mol. The van der Waals surface area contributed by atoms with Crippen LogP contribution in [0.5, 0.6) is 0 Å². The molecule has 0 radical (unpaired) electrons. The Morgan fingerprint density at radius 2 is 2.47 bits per heavy atom. The molecule has 1 fully saturated rings. The predicted octanol–water partition coefficient (Wildman–Crippen LogP) is 0.916. The second kappa shape index (κ2) is 5.44. The number of halogens is 1. The molecule has 0 spiro atoms. The quantitative estimate of drug-likeness (QED) is 0.909. The molecule has 1 unspecified atom stereocenters. The number of rotatable bonds is 3. The van der Waals surface area contributed by atoms with E-state index in [4.69, 9.17) is 4.74 Å². The van der Waals surface area contributed by atoms with Crippen molar-refractivity contribution >= 4 is 27.5 Å². The first-order valence-corrected chi connectivity index (χ1v) is 7.09. The molecule has 0 amide bonds. The van der Waals surface area contributed by atoms with Crippen LogP contribution in [0.3, 0.4) is 0 Å². The zero-order chi connectivity index (χ0) is 13.2. The molecule has 3 heterocycles. The van der Waals surface area contributed by atoms with Crippen molar-refractivity contribution in [3.8, 4) is 0 Å². The van der Waals surface area contributed by atoms with Crippen molar-refractivity contribution in [2.75, 3.05) is 38.2 Å². The fourth-order valence-electron chi connectivity index (χ4n) is 2.25. The van der Waals surface area contributed by atoms with Gasteiger partial charge in [-0.25, -0.2) is 4.52 Å². The number of morpholine rings is 1. The summed E-state index contributed by atoms with van der Waals surface area (Å²) in [6.45, 7) is 3.20. The molecule has 3 rings (SSSR count). The van der Waals surface area contributed by atoms with Crippen LogP contribution in [-0.4, -0.2) is 54.0 Å². The topological polar surface area (TPSA) is 54.7 Å². The van der Waals surface area contributed by atoms with Gasteiger partial charge >= 0.3 is 0 Å². The summed E-state index contributed by atoms with van der Waals surface area (Å²) in [6.07, 6.45) is 2.09. The molecule has 102 valence electrons. The van der Waals surface area contributed by atoms with Gasteiger partial charge in [0, 0.05) is 25.8 Å². The van der Waals surface area contributed by atoms with Crippen molar-refractivity contribution in [1.82, 2.24) is 19.9 Å². The van der Waals surface area contributed by atoms with E-state index < -0.39 is 0 Å². The van der Waals surface area contributed by atoms with E-state index in [2.05, 4.69) is 36.2 Å². The van der Waals surface area contributed by atoms with Gasteiger partial charge < -0.3 is 15.0 Å². The number of aromatic nitrogens is 3. The molecule has 1 N–H and O–H groups in total. The van der Waals surface area contributed by atoms with E-state index >= 15 is 0 Å². The fourth-order valence-corrected chi connectivity index (χ4v) is 2.67. The van der Waals surface area contributed by atoms with Crippen LogP contribution in [0.1, 0.15) is 0 Å². The summed E-state index contributed by atoms with van der Waals surface area (Å²) < 4.78 is 8.44. The lowest BCUT2D eigenvalue weighted by atomic mass is 10.3. The number of ether oxygens (including phenoxy) is 1. The van der Waals surface area contributed by atoms with E-state index in [9.17, 15) is 0 Å². The zero-order valence-electron chi connectivity index (χ0n) is 10.7. The summed E-state index contributed by atoms with van der Waals surface area (Å²) in [5.74, 6) is 0.760. The Hall–Kier alpha value is -1.18. The molecule has 0 aliphatic carbocycles. The van der Waals surface area contributed by atoms with Crippen molar-refractivity contribution in [3.63, 3.8) is 0 Å². The van der Waals surface area contributed by atoms with Crippen molar-refractivity contribution in [1.29, 1.82) is 0 Å². The first-order valence-electron chi connectivity index (χ1n) is 6.30. The van der Waals surface area contributed by atoms with Gasteiger partial charge in [0.2, 0.25) is 5.95 Å². The number of fused-ring (bicyclic) bond motifs is 1. The molecule has 1 aliphatic heterocycles. The highest BCUT2D eigenvalue weighted by Gasteiger charge is 2.23. The van der Waals surface area contributed by atoms with Gasteiger partial charge in [-0.3, -0.25) is 0 Å². The highest BCUT2D eigenvalue weighted by atomic mass is 79.9. The average Bonchev–Trinajstić information content (AvgIpc) is 2.85. The molecular weight excluding hydrogens is 310 g/mol. The van der Waals surface area contributed by atoms with Gasteiger partial charge in [0.25, 0.3) is 0 Å². The average molecular weight is 326 g/mol.